The van der Waals surface area contributed by atoms with Gasteiger partial charge in [-0.15, -0.1) is 0 Å². The highest BCUT2D eigenvalue weighted by Crippen LogP contribution is 2.01. The predicted octanol–water partition coefficient (Wildman–Crippen LogP) is 0.677. The molecule has 0 aliphatic heterocycles. The van der Waals surface area contributed by atoms with E-state index in [-0.39, 0.29) is 24.5 Å². The van der Waals surface area contributed by atoms with Crippen LogP contribution in [0.2, 0.25) is 0 Å². The summed E-state index contributed by atoms with van der Waals surface area (Å²) in [5, 5.41) is 13.9. The molecule has 0 aliphatic rings. The zero-order chi connectivity index (χ0) is 13.4. The van der Waals surface area contributed by atoms with Gasteiger partial charge in [0.15, 0.2) is 0 Å². The Morgan fingerprint density at radius 2 is 1.88 bits per heavy atom. The molecule has 0 spiro atoms. The Morgan fingerprint density at radius 1 is 1.29 bits per heavy atom. The van der Waals surface area contributed by atoms with Gasteiger partial charge in [0.25, 0.3) is 0 Å². The molecule has 0 aliphatic carbocycles. The van der Waals surface area contributed by atoms with Gasteiger partial charge in [-0.25, -0.2) is 4.79 Å². The van der Waals surface area contributed by atoms with Crippen LogP contribution in [0, 0.1) is 11.8 Å². The maximum Gasteiger partial charge on any atom is 0.315 e. The van der Waals surface area contributed by atoms with Crippen molar-refractivity contribution >= 4 is 12.0 Å². The van der Waals surface area contributed by atoms with Crippen molar-refractivity contribution in [3.63, 3.8) is 0 Å². The molecule has 2 unspecified atom stereocenters. The molecule has 0 aromatic heterocycles. The topological polar surface area (TPSA) is 87.7 Å². The maximum atomic E-state index is 11.5. The van der Waals surface area contributed by atoms with Crippen molar-refractivity contribution in [3.8, 4) is 0 Å². The fraction of sp³-hybridized carbons (Fsp3) is 0.818. The molecule has 0 fully saturated rings. The van der Waals surface area contributed by atoms with Crippen LogP contribution in [0.3, 0.4) is 0 Å². The molecule has 2 atom stereocenters. The summed E-state index contributed by atoms with van der Waals surface area (Å²) in [5.74, 6) is -1.28. The lowest BCUT2D eigenvalue weighted by molar-refractivity contribution is -0.140. The largest absolute Gasteiger partial charge is 0.481 e. The molecule has 0 saturated heterocycles. The summed E-state index contributed by atoms with van der Waals surface area (Å²) in [4.78, 5) is 22.0. The number of methoxy groups -OCH3 is 1. The zero-order valence-corrected chi connectivity index (χ0v) is 10.8. The van der Waals surface area contributed by atoms with Crippen molar-refractivity contribution in [2.45, 2.75) is 26.8 Å². The number of hydrogen-bond acceptors (Lipinski definition) is 3. The van der Waals surface area contributed by atoms with E-state index in [1.54, 1.807) is 7.11 Å². The number of ether oxygens (including phenoxy) is 1. The van der Waals surface area contributed by atoms with Crippen molar-refractivity contribution in [2.24, 2.45) is 11.8 Å². The van der Waals surface area contributed by atoms with Crippen molar-refractivity contribution in [1.29, 1.82) is 0 Å². The second-order valence-electron chi connectivity index (χ2n) is 4.40. The smallest absolute Gasteiger partial charge is 0.315 e. The molecular weight excluding hydrogens is 224 g/mol. The van der Waals surface area contributed by atoms with Crippen molar-refractivity contribution in [1.82, 2.24) is 10.6 Å². The third-order valence-electron chi connectivity index (χ3n) is 2.46. The molecule has 0 rings (SSSR count). The third kappa shape index (κ3) is 6.78. The van der Waals surface area contributed by atoms with Crippen LogP contribution in [0.25, 0.3) is 0 Å². The molecule has 6 heteroatoms. The van der Waals surface area contributed by atoms with Crippen molar-refractivity contribution in [3.05, 3.63) is 0 Å². The van der Waals surface area contributed by atoms with Crippen LogP contribution >= 0.6 is 0 Å². The summed E-state index contributed by atoms with van der Waals surface area (Å²) < 4.78 is 4.99. The van der Waals surface area contributed by atoms with Crippen LogP contribution in [0.4, 0.5) is 4.79 Å². The number of nitrogens with one attached hydrogen (secondary N) is 2. The highest BCUT2D eigenvalue weighted by molar-refractivity contribution is 5.76. The number of carbonyl (C=O) groups is 2. The van der Waals surface area contributed by atoms with Crippen molar-refractivity contribution < 1.29 is 19.4 Å². The van der Waals surface area contributed by atoms with Gasteiger partial charge in [0.1, 0.15) is 0 Å². The first-order chi connectivity index (χ1) is 7.88. The van der Waals surface area contributed by atoms with E-state index in [1.807, 2.05) is 13.8 Å². The first-order valence-electron chi connectivity index (χ1n) is 5.64. The third-order valence-corrected chi connectivity index (χ3v) is 2.46. The quantitative estimate of drug-likeness (QED) is 0.616. The second kappa shape index (κ2) is 7.89. The Morgan fingerprint density at radius 3 is 2.29 bits per heavy atom. The molecule has 0 aromatic carbocycles. The van der Waals surface area contributed by atoms with Gasteiger partial charge in [-0.3, -0.25) is 4.79 Å². The highest BCUT2D eigenvalue weighted by atomic mass is 16.5. The molecule has 0 radical (unpaired) electrons. The van der Waals surface area contributed by atoms with E-state index < -0.39 is 11.9 Å². The lowest BCUT2D eigenvalue weighted by Gasteiger charge is -2.22. The van der Waals surface area contributed by atoms with Gasteiger partial charge < -0.3 is 20.5 Å². The van der Waals surface area contributed by atoms with Crippen LogP contribution < -0.4 is 10.6 Å². The summed E-state index contributed by atoms with van der Waals surface area (Å²) in [6.07, 6.45) is 0. The Balaban J connectivity index is 4.02. The van der Waals surface area contributed by atoms with Crippen molar-refractivity contribution in [2.75, 3.05) is 20.3 Å². The zero-order valence-electron chi connectivity index (χ0n) is 10.8. The maximum absolute atomic E-state index is 11.5. The summed E-state index contributed by atoms with van der Waals surface area (Å²) in [6, 6.07) is -0.450. The average molecular weight is 246 g/mol. The van der Waals surface area contributed by atoms with E-state index in [1.165, 1.54) is 6.92 Å². The molecule has 3 N–H and O–H groups in total. The number of carbonyl (C=O) groups excluding carboxylic acids is 1. The van der Waals surface area contributed by atoms with Gasteiger partial charge in [-0.05, 0) is 5.92 Å². The molecule has 6 nitrogen and oxygen atoms in total. The second-order valence-corrected chi connectivity index (χ2v) is 4.40. The Kier molecular flexibility index (Phi) is 7.29. The Labute approximate surface area is 102 Å². The van der Waals surface area contributed by atoms with E-state index in [2.05, 4.69) is 10.6 Å². The van der Waals surface area contributed by atoms with Gasteiger partial charge in [-0.2, -0.15) is 0 Å². The number of hydrogen-bond donors (Lipinski definition) is 3. The van der Waals surface area contributed by atoms with E-state index in [0.717, 1.165) is 0 Å². The van der Waals surface area contributed by atoms with Crippen LogP contribution in [-0.4, -0.2) is 43.4 Å². The van der Waals surface area contributed by atoms with Crippen LogP contribution in [-0.2, 0) is 9.53 Å². The van der Waals surface area contributed by atoms with Crippen LogP contribution in [0.15, 0.2) is 0 Å². The molecule has 2 amide bonds. The van der Waals surface area contributed by atoms with Gasteiger partial charge in [0, 0.05) is 13.7 Å². The molecule has 0 saturated carbocycles. The van der Waals surface area contributed by atoms with Crippen LogP contribution in [0.1, 0.15) is 20.8 Å². The lowest BCUT2D eigenvalue weighted by atomic mass is 10.1. The minimum atomic E-state index is -0.928. The lowest BCUT2D eigenvalue weighted by Crippen LogP contribution is -2.47. The van der Waals surface area contributed by atoms with Gasteiger partial charge in [-0.1, -0.05) is 20.8 Å². The normalized spacial score (nSPS) is 14.2. The molecular formula is C11H22N2O4. The Hall–Kier alpha value is -1.30. The van der Waals surface area contributed by atoms with Gasteiger partial charge in [0.05, 0.1) is 18.6 Å². The minimum absolute atomic E-state index is 0.0832. The monoisotopic (exact) mass is 246 g/mol. The summed E-state index contributed by atoms with van der Waals surface area (Å²) >= 11 is 0. The summed E-state index contributed by atoms with van der Waals surface area (Å²) in [7, 11) is 1.57. The predicted molar refractivity (Wildman–Crippen MR) is 63.8 cm³/mol. The number of amides is 2. The number of rotatable bonds is 7. The van der Waals surface area contributed by atoms with Gasteiger partial charge in [0.2, 0.25) is 0 Å². The molecule has 17 heavy (non-hydrogen) atoms. The highest BCUT2D eigenvalue weighted by Gasteiger charge is 2.17. The van der Waals surface area contributed by atoms with E-state index >= 15 is 0 Å². The summed E-state index contributed by atoms with van der Waals surface area (Å²) in [5.41, 5.74) is 0. The fourth-order valence-electron chi connectivity index (χ4n) is 1.13. The SMILES string of the molecule is COCC(NC(=O)NCC(C)C(=O)O)C(C)C. The number of carboxylic acid groups (broad SMARTS) is 1. The number of aliphatic carboxylic acids is 1. The Bertz CT molecular complexity index is 256. The molecule has 0 heterocycles. The standard InChI is InChI=1S/C11H22N2O4/c1-7(2)9(6-17-4)13-11(16)12-5-8(3)10(14)15/h7-9H,5-6H2,1-4H3,(H,14,15)(H2,12,13,16). The first kappa shape index (κ1) is 15.7. The van der Waals surface area contributed by atoms with E-state index in [9.17, 15) is 9.59 Å². The van der Waals surface area contributed by atoms with E-state index in [0.29, 0.717) is 6.61 Å². The summed E-state index contributed by atoms with van der Waals surface area (Å²) in [6.45, 7) is 6.03. The van der Waals surface area contributed by atoms with Gasteiger partial charge >= 0.3 is 12.0 Å². The number of urea groups is 1. The first-order valence-corrected chi connectivity index (χ1v) is 5.64. The fourth-order valence-corrected chi connectivity index (χ4v) is 1.13. The minimum Gasteiger partial charge on any atom is -0.481 e. The average Bonchev–Trinajstić information content (AvgIpc) is 2.24. The number of carboxylic acids is 1. The van der Waals surface area contributed by atoms with Crippen LogP contribution in [0.5, 0.6) is 0 Å². The molecule has 100 valence electrons. The molecule has 0 aromatic rings. The van der Waals surface area contributed by atoms with E-state index in [4.69, 9.17) is 9.84 Å². The molecule has 0 bridgehead atoms.